The summed E-state index contributed by atoms with van der Waals surface area (Å²) in [5.41, 5.74) is 3.86. The molecule has 0 amide bonds. The topological polar surface area (TPSA) is 67.6 Å². The van der Waals surface area contributed by atoms with Crippen molar-refractivity contribution in [2.24, 2.45) is 0 Å². The van der Waals surface area contributed by atoms with Gasteiger partial charge in [-0.1, -0.05) is 43.3 Å². The predicted octanol–water partition coefficient (Wildman–Crippen LogP) is 3.56. The van der Waals surface area contributed by atoms with E-state index in [4.69, 9.17) is 4.52 Å². The maximum atomic E-state index is 5.25. The van der Waals surface area contributed by atoms with E-state index < -0.39 is 0 Å². The van der Waals surface area contributed by atoms with E-state index in [1.165, 1.54) is 5.56 Å². The number of nitrogens with zero attached hydrogens (tertiary/aromatic N) is 3. The zero-order chi connectivity index (χ0) is 14.1. The third-order valence-corrected chi connectivity index (χ3v) is 3.19. The van der Waals surface area contributed by atoms with Crippen molar-refractivity contribution in [2.75, 3.05) is 0 Å². The molecular formula is C15H16N4O. The van der Waals surface area contributed by atoms with E-state index in [1.807, 2.05) is 25.1 Å². The average Bonchev–Trinajstić information content (AvgIpc) is 3.07. The van der Waals surface area contributed by atoms with Crippen molar-refractivity contribution in [2.45, 2.75) is 26.7 Å². The Morgan fingerprint density at radius 3 is 2.50 bits per heavy atom. The van der Waals surface area contributed by atoms with Gasteiger partial charge in [0.2, 0.25) is 5.82 Å². The predicted molar refractivity (Wildman–Crippen MR) is 76.1 cm³/mol. The average molecular weight is 268 g/mol. The van der Waals surface area contributed by atoms with Crippen LogP contribution in [0.3, 0.4) is 0 Å². The smallest absolute Gasteiger partial charge is 0.278 e. The van der Waals surface area contributed by atoms with Crippen molar-refractivity contribution in [3.8, 4) is 23.0 Å². The minimum Gasteiger partial charge on any atom is -0.332 e. The SMILES string of the molecule is Cc1cc(-c2nc(-c3ccc(C(C)C)cc3)no2)n[nH]1. The Kier molecular flexibility index (Phi) is 3.10. The van der Waals surface area contributed by atoms with Crippen LogP contribution in [0.2, 0.25) is 0 Å². The lowest BCUT2D eigenvalue weighted by Gasteiger charge is -2.04. The number of rotatable bonds is 3. The van der Waals surface area contributed by atoms with Gasteiger partial charge in [0.1, 0.15) is 0 Å². The van der Waals surface area contributed by atoms with E-state index in [1.54, 1.807) is 0 Å². The number of H-pyrrole nitrogens is 1. The third kappa shape index (κ3) is 2.34. The molecule has 0 unspecified atom stereocenters. The molecular weight excluding hydrogens is 252 g/mol. The first-order valence-electron chi connectivity index (χ1n) is 6.60. The zero-order valence-electron chi connectivity index (χ0n) is 11.7. The minimum absolute atomic E-state index is 0.428. The molecule has 0 spiro atoms. The Hall–Kier alpha value is -2.43. The van der Waals surface area contributed by atoms with Gasteiger partial charge in [0.05, 0.1) is 0 Å². The monoisotopic (exact) mass is 268 g/mol. The second kappa shape index (κ2) is 4.92. The summed E-state index contributed by atoms with van der Waals surface area (Å²) in [4.78, 5) is 4.38. The van der Waals surface area contributed by atoms with Gasteiger partial charge >= 0.3 is 0 Å². The molecule has 3 aromatic rings. The summed E-state index contributed by atoms with van der Waals surface area (Å²) in [5, 5.41) is 11.0. The fourth-order valence-electron chi connectivity index (χ4n) is 1.99. The molecule has 3 rings (SSSR count). The highest BCUT2D eigenvalue weighted by Crippen LogP contribution is 2.23. The molecule has 0 aliphatic heterocycles. The van der Waals surface area contributed by atoms with Crippen molar-refractivity contribution in [1.82, 2.24) is 20.3 Å². The quantitative estimate of drug-likeness (QED) is 0.788. The highest BCUT2D eigenvalue weighted by Gasteiger charge is 2.13. The Labute approximate surface area is 117 Å². The number of aromatic nitrogens is 4. The number of nitrogens with one attached hydrogen (secondary N) is 1. The van der Waals surface area contributed by atoms with Crippen LogP contribution in [0.4, 0.5) is 0 Å². The van der Waals surface area contributed by atoms with Crippen LogP contribution in [-0.2, 0) is 0 Å². The normalized spacial score (nSPS) is 11.2. The Bertz CT molecular complexity index is 710. The van der Waals surface area contributed by atoms with Crippen molar-refractivity contribution >= 4 is 0 Å². The molecule has 20 heavy (non-hydrogen) atoms. The van der Waals surface area contributed by atoms with Crippen molar-refractivity contribution in [1.29, 1.82) is 0 Å². The fraction of sp³-hybridized carbons (Fsp3) is 0.267. The zero-order valence-corrected chi connectivity index (χ0v) is 11.7. The van der Waals surface area contributed by atoms with Crippen molar-refractivity contribution in [3.05, 3.63) is 41.6 Å². The van der Waals surface area contributed by atoms with Gasteiger partial charge in [0, 0.05) is 11.3 Å². The summed E-state index contributed by atoms with van der Waals surface area (Å²) in [7, 11) is 0. The van der Waals surface area contributed by atoms with E-state index >= 15 is 0 Å². The molecule has 1 aromatic carbocycles. The molecule has 0 bridgehead atoms. The molecule has 0 radical (unpaired) electrons. The molecule has 0 atom stereocenters. The fourth-order valence-corrected chi connectivity index (χ4v) is 1.99. The molecule has 2 heterocycles. The Morgan fingerprint density at radius 2 is 1.90 bits per heavy atom. The molecule has 1 N–H and O–H groups in total. The van der Waals surface area contributed by atoms with Gasteiger partial charge in [-0.2, -0.15) is 10.1 Å². The highest BCUT2D eigenvalue weighted by atomic mass is 16.5. The first-order chi connectivity index (χ1) is 9.63. The summed E-state index contributed by atoms with van der Waals surface area (Å²) < 4.78 is 5.25. The van der Waals surface area contributed by atoms with Crippen LogP contribution < -0.4 is 0 Å². The molecule has 0 fully saturated rings. The standard InChI is InChI=1S/C15H16N4O/c1-9(2)11-4-6-12(7-5-11)14-16-15(20-19-14)13-8-10(3)17-18-13/h4-9H,1-3H3,(H,17,18). The summed E-state index contributed by atoms with van der Waals surface area (Å²) in [6.07, 6.45) is 0. The molecule has 0 saturated heterocycles. The van der Waals surface area contributed by atoms with Crippen LogP contribution in [0.5, 0.6) is 0 Å². The highest BCUT2D eigenvalue weighted by molar-refractivity contribution is 5.58. The van der Waals surface area contributed by atoms with Crippen LogP contribution in [0.15, 0.2) is 34.9 Å². The van der Waals surface area contributed by atoms with E-state index in [2.05, 4.69) is 46.3 Å². The van der Waals surface area contributed by atoms with E-state index in [0.717, 1.165) is 11.3 Å². The summed E-state index contributed by atoms with van der Waals surface area (Å²) >= 11 is 0. The van der Waals surface area contributed by atoms with Crippen LogP contribution in [0.1, 0.15) is 31.0 Å². The van der Waals surface area contributed by atoms with E-state index in [-0.39, 0.29) is 0 Å². The number of benzene rings is 1. The van der Waals surface area contributed by atoms with Gasteiger partial charge < -0.3 is 4.52 Å². The van der Waals surface area contributed by atoms with Gasteiger partial charge in [-0.3, -0.25) is 5.10 Å². The van der Waals surface area contributed by atoms with Gasteiger partial charge in [-0.15, -0.1) is 0 Å². The van der Waals surface area contributed by atoms with Gasteiger partial charge in [-0.25, -0.2) is 0 Å². The molecule has 0 aliphatic carbocycles. The summed E-state index contributed by atoms with van der Waals surface area (Å²) in [5.74, 6) is 1.52. The van der Waals surface area contributed by atoms with E-state index in [9.17, 15) is 0 Å². The summed E-state index contributed by atoms with van der Waals surface area (Å²) in [6, 6.07) is 10.1. The number of hydrogen-bond acceptors (Lipinski definition) is 4. The third-order valence-electron chi connectivity index (χ3n) is 3.19. The Morgan fingerprint density at radius 1 is 1.15 bits per heavy atom. The number of aryl methyl sites for hydroxylation is 1. The van der Waals surface area contributed by atoms with Crippen LogP contribution >= 0.6 is 0 Å². The van der Waals surface area contributed by atoms with Crippen LogP contribution in [-0.4, -0.2) is 20.3 Å². The van der Waals surface area contributed by atoms with Crippen molar-refractivity contribution < 1.29 is 4.52 Å². The molecule has 0 aliphatic rings. The lowest BCUT2D eigenvalue weighted by molar-refractivity contribution is 0.431. The Balaban J connectivity index is 1.90. The molecule has 5 nitrogen and oxygen atoms in total. The molecule has 2 aromatic heterocycles. The summed E-state index contributed by atoms with van der Waals surface area (Å²) in [6.45, 7) is 6.27. The first-order valence-corrected chi connectivity index (χ1v) is 6.60. The lowest BCUT2D eigenvalue weighted by atomic mass is 10.0. The van der Waals surface area contributed by atoms with Crippen LogP contribution in [0, 0.1) is 6.92 Å². The molecule has 102 valence electrons. The maximum Gasteiger partial charge on any atom is 0.278 e. The molecule has 5 heteroatoms. The largest absolute Gasteiger partial charge is 0.332 e. The van der Waals surface area contributed by atoms with Gasteiger partial charge in [-0.05, 0) is 24.5 Å². The second-order valence-electron chi connectivity index (χ2n) is 5.14. The van der Waals surface area contributed by atoms with Gasteiger partial charge in [0.15, 0.2) is 5.69 Å². The molecule has 0 saturated carbocycles. The van der Waals surface area contributed by atoms with Crippen molar-refractivity contribution in [3.63, 3.8) is 0 Å². The number of hydrogen-bond donors (Lipinski definition) is 1. The minimum atomic E-state index is 0.428. The maximum absolute atomic E-state index is 5.25. The first kappa shape index (κ1) is 12.6. The van der Waals surface area contributed by atoms with Gasteiger partial charge in [0.25, 0.3) is 5.89 Å². The number of aromatic amines is 1. The lowest BCUT2D eigenvalue weighted by Crippen LogP contribution is -1.87. The van der Waals surface area contributed by atoms with E-state index in [0.29, 0.717) is 23.3 Å². The second-order valence-corrected chi connectivity index (χ2v) is 5.14. The van der Waals surface area contributed by atoms with Crippen LogP contribution in [0.25, 0.3) is 23.0 Å².